The Hall–Kier alpha value is -2.61. The first-order valence-electron chi connectivity index (χ1n) is 5.32. The Bertz CT molecular complexity index is 501. The van der Waals surface area contributed by atoms with Crippen molar-refractivity contribution in [2.24, 2.45) is 0 Å². The van der Waals surface area contributed by atoms with Gasteiger partial charge in [0.1, 0.15) is 11.6 Å². The summed E-state index contributed by atoms with van der Waals surface area (Å²) >= 11 is 0. The third-order valence-corrected chi connectivity index (χ3v) is 1.98. The fourth-order valence-corrected chi connectivity index (χ4v) is 1.15. The average molecular weight is 244 g/mol. The molecule has 0 bridgehead atoms. The van der Waals surface area contributed by atoms with Crippen LogP contribution in [0.25, 0.3) is 0 Å². The van der Waals surface area contributed by atoms with E-state index in [2.05, 4.69) is 10.1 Å². The standard InChI is InChI=1S/C13H12N2O3/c1-2-18-13(17)12(16)10(8-14)9-15-11-6-4-3-5-7-11/h3-7,9,15H,2H2,1H3/b10-9+. The van der Waals surface area contributed by atoms with E-state index in [4.69, 9.17) is 5.26 Å². The molecule has 0 atom stereocenters. The SMILES string of the molecule is CCOC(=O)C(=O)/C(C#N)=C/Nc1ccccc1. The largest absolute Gasteiger partial charge is 0.460 e. The molecule has 0 fully saturated rings. The molecule has 0 radical (unpaired) electrons. The number of ether oxygens (including phenoxy) is 1. The van der Waals surface area contributed by atoms with Crippen molar-refractivity contribution in [2.75, 3.05) is 11.9 Å². The van der Waals surface area contributed by atoms with Crippen LogP contribution >= 0.6 is 0 Å². The topological polar surface area (TPSA) is 79.2 Å². The molecule has 5 nitrogen and oxygen atoms in total. The maximum atomic E-state index is 11.5. The van der Waals surface area contributed by atoms with Crippen molar-refractivity contribution in [2.45, 2.75) is 6.92 Å². The first-order chi connectivity index (χ1) is 8.69. The predicted octanol–water partition coefficient (Wildman–Crippen LogP) is 1.64. The molecule has 0 aliphatic carbocycles. The Morgan fingerprint density at radius 3 is 2.61 bits per heavy atom. The minimum atomic E-state index is -1.03. The van der Waals surface area contributed by atoms with Crippen LogP contribution in [0, 0.1) is 11.3 Å². The Morgan fingerprint density at radius 2 is 2.06 bits per heavy atom. The van der Waals surface area contributed by atoms with Gasteiger partial charge in [0.25, 0.3) is 5.78 Å². The van der Waals surface area contributed by atoms with Crippen molar-refractivity contribution in [1.29, 1.82) is 5.26 Å². The fraction of sp³-hybridized carbons (Fsp3) is 0.154. The van der Waals surface area contributed by atoms with Crippen molar-refractivity contribution in [1.82, 2.24) is 0 Å². The summed E-state index contributed by atoms with van der Waals surface area (Å²) in [4.78, 5) is 22.6. The van der Waals surface area contributed by atoms with Gasteiger partial charge in [-0.1, -0.05) is 18.2 Å². The summed E-state index contributed by atoms with van der Waals surface area (Å²) in [6.45, 7) is 1.68. The molecule has 0 unspecified atom stereocenters. The lowest BCUT2D eigenvalue weighted by Crippen LogP contribution is -2.19. The second-order valence-corrected chi connectivity index (χ2v) is 3.23. The van der Waals surface area contributed by atoms with Gasteiger partial charge in [0.05, 0.1) is 6.61 Å². The number of para-hydroxylation sites is 1. The van der Waals surface area contributed by atoms with Gasteiger partial charge in [0, 0.05) is 11.9 Å². The summed E-state index contributed by atoms with van der Waals surface area (Å²) in [5, 5.41) is 11.6. The van der Waals surface area contributed by atoms with Crippen LogP contribution in [0.2, 0.25) is 0 Å². The molecule has 1 aromatic carbocycles. The number of benzene rings is 1. The van der Waals surface area contributed by atoms with Gasteiger partial charge in [0.2, 0.25) is 0 Å². The normalized spacial score (nSPS) is 10.3. The second kappa shape index (κ2) is 6.86. The zero-order chi connectivity index (χ0) is 13.4. The van der Waals surface area contributed by atoms with Gasteiger partial charge < -0.3 is 10.1 Å². The predicted molar refractivity (Wildman–Crippen MR) is 65.4 cm³/mol. The highest BCUT2D eigenvalue weighted by molar-refractivity contribution is 6.41. The van der Waals surface area contributed by atoms with Gasteiger partial charge in [-0.15, -0.1) is 0 Å². The minimum Gasteiger partial charge on any atom is -0.460 e. The molecule has 0 spiro atoms. The summed E-state index contributed by atoms with van der Waals surface area (Å²) in [5.41, 5.74) is 0.416. The number of nitriles is 1. The quantitative estimate of drug-likeness (QED) is 0.368. The van der Waals surface area contributed by atoms with Crippen molar-refractivity contribution >= 4 is 17.4 Å². The molecular weight excluding hydrogens is 232 g/mol. The van der Waals surface area contributed by atoms with Crippen molar-refractivity contribution in [3.8, 4) is 6.07 Å². The van der Waals surface area contributed by atoms with Crippen LogP contribution in [0.15, 0.2) is 42.1 Å². The lowest BCUT2D eigenvalue weighted by molar-refractivity contribution is -0.151. The molecule has 0 saturated heterocycles. The molecule has 0 saturated carbocycles. The van der Waals surface area contributed by atoms with E-state index in [1.54, 1.807) is 37.3 Å². The molecule has 0 aliphatic heterocycles. The maximum absolute atomic E-state index is 11.5. The van der Waals surface area contributed by atoms with Crippen molar-refractivity contribution < 1.29 is 14.3 Å². The van der Waals surface area contributed by atoms with Crippen LogP contribution < -0.4 is 5.32 Å². The number of carbonyl (C=O) groups is 2. The molecule has 0 aliphatic rings. The van der Waals surface area contributed by atoms with E-state index < -0.39 is 11.8 Å². The third-order valence-electron chi connectivity index (χ3n) is 1.98. The number of Topliss-reactive ketones (excluding diaryl/α,β-unsaturated/α-hetero) is 1. The Kier molecular flexibility index (Phi) is 5.13. The molecule has 0 amide bonds. The van der Waals surface area contributed by atoms with E-state index in [1.165, 1.54) is 6.20 Å². The molecule has 0 aromatic heterocycles. The number of hydrogen-bond acceptors (Lipinski definition) is 5. The monoisotopic (exact) mass is 244 g/mol. The Labute approximate surface area is 105 Å². The summed E-state index contributed by atoms with van der Waals surface area (Å²) in [5.74, 6) is -1.98. The second-order valence-electron chi connectivity index (χ2n) is 3.23. The summed E-state index contributed by atoms with van der Waals surface area (Å²) in [6, 6.07) is 10.6. The van der Waals surface area contributed by atoms with E-state index >= 15 is 0 Å². The average Bonchev–Trinajstić information content (AvgIpc) is 2.40. The van der Waals surface area contributed by atoms with Gasteiger partial charge >= 0.3 is 5.97 Å². The lowest BCUT2D eigenvalue weighted by atomic mass is 10.2. The third kappa shape index (κ3) is 3.76. The molecule has 92 valence electrons. The van der Waals surface area contributed by atoms with Crippen LogP contribution in [-0.2, 0) is 14.3 Å². The van der Waals surface area contributed by atoms with Crippen LogP contribution in [0.4, 0.5) is 5.69 Å². The number of ketones is 1. The number of hydrogen-bond donors (Lipinski definition) is 1. The zero-order valence-corrected chi connectivity index (χ0v) is 9.84. The molecule has 0 heterocycles. The highest BCUT2D eigenvalue weighted by atomic mass is 16.5. The molecule has 18 heavy (non-hydrogen) atoms. The van der Waals surface area contributed by atoms with Crippen LogP contribution in [0.5, 0.6) is 0 Å². The fourth-order valence-electron chi connectivity index (χ4n) is 1.15. The number of nitrogens with zero attached hydrogens (tertiary/aromatic N) is 1. The van der Waals surface area contributed by atoms with Crippen molar-refractivity contribution in [3.63, 3.8) is 0 Å². The van der Waals surface area contributed by atoms with E-state index in [0.29, 0.717) is 5.69 Å². The number of nitrogens with one attached hydrogen (secondary N) is 1. The summed E-state index contributed by atoms with van der Waals surface area (Å²) < 4.78 is 4.53. The van der Waals surface area contributed by atoms with Crippen molar-refractivity contribution in [3.05, 3.63) is 42.1 Å². The van der Waals surface area contributed by atoms with Gasteiger partial charge in [-0.3, -0.25) is 4.79 Å². The first kappa shape index (κ1) is 13.5. The lowest BCUT2D eigenvalue weighted by Gasteiger charge is -2.01. The summed E-state index contributed by atoms with van der Waals surface area (Å²) in [6.07, 6.45) is 1.19. The number of anilines is 1. The molecular formula is C13H12N2O3. The van der Waals surface area contributed by atoms with E-state index in [0.717, 1.165) is 0 Å². The molecule has 1 N–H and O–H groups in total. The maximum Gasteiger partial charge on any atom is 0.380 e. The highest BCUT2D eigenvalue weighted by Crippen LogP contribution is 2.06. The number of esters is 1. The van der Waals surface area contributed by atoms with Gasteiger partial charge in [-0.05, 0) is 19.1 Å². The molecule has 1 rings (SSSR count). The number of carbonyl (C=O) groups excluding carboxylic acids is 2. The Morgan fingerprint density at radius 1 is 1.39 bits per heavy atom. The van der Waals surface area contributed by atoms with E-state index in [-0.39, 0.29) is 12.2 Å². The van der Waals surface area contributed by atoms with Crippen LogP contribution in [-0.4, -0.2) is 18.4 Å². The van der Waals surface area contributed by atoms with Gasteiger partial charge in [-0.2, -0.15) is 5.26 Å². The van der Waals surface area contributed by atoms with E-state index in [1.807, 2.05) is 6.07 Å². The molecule has 5 heteroatoms. The molecule has 1 aromatic rings. The van der Waals surface area contributed by atoms with E-state index in [9.17, 15) is 9.59 Å². The smallest absolute Gasteiger partial charge is 0.380 e. The van der Waals surface area contributed by atoms with Crippen LogP contribution in [0.1, 0.15) is 6.92 Å². The summed E-state index contributed by atoms with van der Waals surface area (Å²) in [7, 11) is 0. The van der Waals surface area contributed by atoms with Gasteiger partial charge in [-0.25, -0.2) is 4.79 Å². The first-order valence-corrected chi connectivity index (χ1v) is 5.32. The van der Waals surface area contributed by atoms with Crippen LogP contribution in [0.3, 0.4) is 0 Å². The van der Waals surface area contributed by atoms with Gasteiger partial charge in [0.15, 0.2) is 0 Å². The zero-order valence-electron chi connectivity index (χ0n) is 9.84. The Balaban J connectivity index is 2.75. The minimum absolute atomic E-state index is 0.0927. The number of rotatable bonds is 5. The highest BCUT2D eigenvalue weighted by Gasteiger charge is 2.19.